The monoisotopic (exact) mass is 631 g/mol. The minimum Gasteiger partial charge on any atom is -0.356 e. The van der Waals surface area contributed by atoms with E-state index in [0.29, 0.717) is 6.17 Å². The molecule has 1 heterocycles. The van der Waals surface area contributed by atoms with Crippen LogP contribution >= 0.6 is 0 Å². The number of hydrogen-bond acceptors (Lipinski definition) is 2. The molecular weight excluding hydrogens is 544 g/mol. The van der Waals surface area contributed by atoms with E-state index in [1.165, 1.54) is 238 Å². The molecule has 0 amide bonds. The predicted octanol–water partition coefficient (Wildman–Crippen LogP) is 15.1. The lowest BCUT2D eigenvalue weighted by Crippen LogP contribution is -2.39. The van der Waals surface area contributed by atoms with Crippen molar-refractivity contribution in [3.63, 3.8) is 0 Å². The highest BCUT2D eigenvalue weighted by atomic mass is 15.4. The summed E-state index contributed by atoms with van der Waals surface area (Å²) >= 11 is 0. The molecule has 268 valence electrons. The van der Waals surface area contributed by atoms with Crippen LogP contribution in [0, 0.1) is 0 Å². The van der Waals surface area contributed by atoms with Gasteiger partial charge in [-0.25, -0.2) is 0 Å². The Morgan fingerprint density at radius 3 is 0.778 bits per heavy atom. The van der Waals surface area contributed by atoms with Gasteiger partial charge in [0.05, 0.1) is 0 Å². The molecule has 0 aromatic carbocycles. The molecule has 0 bridgehead atoms. The van der Waals surface area contributed by atoms with Gasteiger partial charge >= 0.3 is 0 Å². The zero-order chi connectivity index (χ0) is 32.3. The van der Waals surface area contributed by atoms with Crippen LogP contribution in [0.3, 0.4) is 0 Å². The van der Waals surface area contributed by atoms with Gasteiger partial charge in [0.15, 0.2) is 0 Å². The number of nitrogens with zero attached hydrogens (tertiary/aromatic N) is 2. The van der Waals surface area contributed by atoms with E-state index in [0.717, 1.165) is 0 Å². The topological polar surface area (TPSA) is 6.48 Å². The maximum atomic E-state index is 2.72. The fraction of sp³-hybridized carbons (Fsp3) is 0.953. The van der Waals surface area contributed by atoms with Crippen molar-refractivity contribution in [3.8, 4) is 0 Å². The molecule has 1 aliphatic heterocycles. The molecule has 0 aromatic rings. The zero-order valence-corrected chi connectivity index (χ0v) is 31.8. The van der Waals surface area contributed by atoms with E-state index in [2.05, 4.69) is 43.0 Å². The normalized spacial score (nSPS) is 14.8. The van der Waals surface area contributed by atoms with Gasteiger partial charge in [-0.2, -0.15) is 0 Å². The van der Waals surface area contributed by atoms with Gasteiger partial charge in [-0.3, -0.25) is 0 Å². The molecule has 0 aromatic heterocycles. The van der Waals surface area contributed by atoms with Gasteiger partial charge in [-0.1, -0.05) is 220 Å². The van der Waals surface area contributed by atoms with Crippen LogP contribution in [0.15, 0.2) is 12.4 Å². The second kappa shape index (κ2) is 34.7. The fourth-order valence-corrected chi connectivity index (χ4v) is 7.42. The smallest absolute Gasteiger partial charge is 0.101 e. The first-order valence-electron chi connectivity index (χ1n) is 21.5. The van der Waals surface area contributed by atoms with Crippen molar-refractivity contribution in [1.29, 1.82) is 0 Å². The Balaban J connectivity index is 2.18. The van der Waals surface area contributed by atoms with Gasteiger partial charge < -0.3 is 9.80 Å². The first-order valence-corrected chi connectivity index (χ1v) is 21.5. The highest BCUT2D eigenvalue weighted by Crippen LogP contribution is 2.24. The molecule has 2 heteroatoms. The van der Waals surface area contributed by atoms with E-state index >= 15 is 0 Å². The standard InChI is InChI=1S/C43H86N2/c1-4-7-10-13-16-18-20-22-23-25-27-29-32-35-38-43-44(39-36-33-30-15-12-9-6-3)41-42-45(43)40-37-34-31-28-26-24-21-19-17-14-11-8-5-2/h41-43H,4-40H2,1-3H3. The largest absolute Gasteiger partial charge is 0.356 e. The first-order chi connectivity index (χ1) is 22.3. The van der Waals surface area contributed by atoms with E-state index < -0.39 is 0 Å². The van der Waals surface area contributed by atoms with Crippen LogP contribution in [0.5, 0.6) is 0 Å². The van der Waals surface area contributed by atoms with Crippen LogP contribution in [0.1, 0.15) is 245 Å². The molecule has 2 nitrogen and oxygen atoms in total. The summed E-state index contributed by atoms with van der Waals surface area (Å²) in [6, 6.07) is 0. The van der Waals surface area contributed by atoms with Gasteiger partial charge in [0.1, 0.15) is 6.17 Å². The average Bonchev–Trinajstić information content (AvgIpc) is 3.43. The number of hydrogen-bond donors (Lipinski definition) is 0. The summed E-state index contributed by atoms with van der Waals surface area (Å²) in [6.07, 6.45) is 55.9. The summed E-state index contributed by atoms with van der Waals surface area (Å²) in [5, 5.41) is 0. The van der Waals surface area contributed by atoms with Crippen LogP contribution in [0.4, 0.5) is 0 Å². The van der Waals surface area contributed by atoms with Crippen molar-refractivity contribution in [1.82, 2.24) is 9.80 Å². The SMILES string of the molecule is CCCCCCCCCCCCCCCCC1N(CCCCCCCCC)C=CN1CCCCCCCCCCCCCCC. The fourth-order valence-electron chi connectivity index (χ4n) is 7.42. The van der Waals surface area contributed by atoms with Gasteiger partial charge in [0, 0.05) is 25.5 Å². The predicted molar refractivity (Wildman–Crippen MR) is 205 cm³/mol. The van der Waals surface area contributed by atoms with E-state index in [-0.39, 0.29) is 0 Å². The Labute approximate surface area is 286 Å². The molecule has 1 unspecified atom stereocenters. The molecule has 1 atom stereocenters. The maximum Gasteiger partial charge on any atom is 0.101 e. The summed E-state index contributed by atoms with van der Waals surface area (Å²) in [4.78, 5) is 5.44. The van der Waals surface area contributed by atoms with E-state index in [9.17, 15) is 0 Å². The van der Waals surface area contributed by atoms with Crippen molar-refractivity contribution in [2.24, 2.45) is 0 Å². The maximum absolute atomic E-state index is 2.72. The van der Waals surface area contributed by atoms with Crippen LogP contribution in [-0.2, 0) is 0 Å². The molecule has 0 N–H and O–H groups in total. The molecule has 0 aliphatic carbocycles. The summed E-state index contributed by atoms with van der Waals surface area (Å²) in [7, 11) is 0. The van der Waals surface area contributed by atoms with Crippen molar-refractivity contribution in [3.05, 3.63) is 12.4 Å². The Hall–Kier alpha value is -0.660. The molecular formula is C43H86N2. The lowest BCUT2D eigenvalue weighted by molar-refractivity contribution is 0.135. The third-order valence-corrected chi connectivity index (χ3v) is 10.6. The van der Waals surface area contributed by atoms with E-state index in [4.69, 9.17) is 0 Å². The third-order valence-electron chi connectivity index (χ3n) is 10.6. The van der Waals surface area contributed by atoms with E-state index in [1.54, 1.807) is 0 Å². The third kappa shape index (κ3) is 27.0. The van der Waals surface area contributed by atoms with Crippen LogP contribution in [-0.4, -0.2) is 29.1 Å². The quantitative estimate of drug-likeness (QED) is 0.0630. The minimum absolute atomic E-state index is 0.639. The summed E-state index contributed by atoms with van der Waals surface area (Å²) in [5.74, 6) is 0. The molecule has 1 rings (SSSR count). The van der Waals surface area contributed by atoms with Gasteiger partial charge in [-0.05, 0) is 25.7 Å². The Morgan fingerprint density at radius 1 is 0.289 bits per heavy atom. The highest BCUT2D eigenvalue weighted by molar-refractivity contribution is 4.97. The summed E-state index contributed by atoms with van der Waals surface area (Å²) < 4.78 is 0. The minimum atomic E-state index is 0.639. The lowest BCUT2D eigenvalue weighted by atomic mass is 10.0. The molecule has 0 fully saturated rings. The Bertz CT molecular complexity index is 586. The molecule has 1 aliphatic rings. The van der Waals surface area contributed by atoms with Crippen molar-refractivity contribution >= 4 is 0 Å². The zero-order valence-electron chi connectivity index (χ0n) is 31.8. The molecule has 45 heavy (non-hydrogen) atoms. The Kier molecular flexibility index (Phi) is 32.6. The van der Waals surface area contributed by atoms with E-state index in [1.807, 2.05) is 0 Å². The molecule has 0 radical (unpaired) electrons. The number of unbranched alkanes of at least 4 members (excludes halogenated alkanes) is 31. The molecule has 0 saturated carbocycles. The van der Waals surface area contributed by atoms with Crippen molar-refractivity contribution < 1.29 is 0 Å². The van der Waals surface area contributed by atoms with Crippen molar-refractivity contribution in [2.75, 3.05) is 13.1 Å². The second-order valence-electron chi connectivity index (χ2n) is 15.0. The summed E-state index contributed by atoms with van der Waals surface area (Å²) in [6.45, 7) is 9.48. The van der Waals surface area contributed by atoms with Crippen LogP contribution in [0.25, 0.3) is 0 Å². The van der Waals surface area contributed by atoms with Gasteiger partial charge in [0.2, 0.25) is 0 Å². The highest BCUT2D eigenvalue weighted by Gasteiger charge is 2.24. The van der Waals surface area contributed by atoms with Crippen LogP contribution < -0.4 is 0 Å². The van der Waals surface area contributed by atoms with Crippen molar-refractivity contribution in [2.45, 2.75) is 252 Å². The van der Waals surface area contributed by atoms with Crippen LogP contribution in [0.2, 0.25) is 0 Å². The second-order valence-corrected chi connectivity index (χ2v) is 15.0. The van der Waals surface area contributed by atoms with Gasteiger partial charge in [-0.15, -0.1) is 0 Å². The van der Waals surface area contributed by atoms with Gasteiger partial charge in [0.25, 0.3) is 0 Å². The first kappa shape index (κ1) is 42.4. The summed E-state index contributed by atoms with van der Waals surface area (Å²) in [5.41, 5.74) is 0. The average molecular weight is 631 g/mol. The molecule has 0 spiro atoms. The molecule has 0 saturated heterocycles. The number of rotatable bonds is 37. The Morgan fingerprint density at radius 2 is 0.511 bits per heavy atom. The lowest BCUT2D eigenvalue weighted by Gasteiger charge is -2.33.